The number of amides is 2. The quantitative estimate of drug-likeness (QED) is 0.470. The van der Waals surface area contributed by atoms with E-state index in [9.17, 15) is 22.8 Å². The molecule has 33 heavy (non-hydrogen) atoms. The first kappa shape index (κ1) is 24.0. The minimum Gasteiger partial charge on any atom is -0.490 e. The largest absolute Gasteiger partial charge is 0.490 e. The van der Waals surface area contributed by atoms with Crippen LogP contribution in [0.4, 0.5) is 5.69 Å². The zero-order valence-corrected chi connectivity index (χ0v) is 18.5. The number of carbonyl (C=O) groups is 3. The summed E-state index contributed by atoms with van der Waals surface area (Å²) in [6.45, 7) is 1.52. The number of hydrogen-bond donors (Lipinski definition) is 3. The van der Waals surface area contributed by atoms with Gasteiger partial charge in [0.1, 0.15) is 6.54 Å². The van der Waals surface area contributed by atoms with Crippen LogP contribution in [0, 0.1) is 0 Å². The van der Waals surface area contributed by atoms with Crippen LogP contribution in [0.5, 0.6) is 11.5 Å². The summed E-state index contributed by atoms with van der Waals surface area (Å²) in [5.41, 5.74) is 5.79. The average molecular weight is 477 g/mol. The van der Waals surface area contributed by atoms with E-state index in [0.717, 1.165) is 0 Å². The lowest BCUT2D eigenvalue weighted by atomic mass is 10.2. The molecule has 4 N–H and O–H groups in total. The molecular weight excluding hydrogens is 454 g/mol. The maximum absolute atomic E-state index is 12.5. The summed E-state index contributed by atoms with van der Waals surface area (Å²) in [6, 6.07) is 9.93. The Kier molecular flexibility index (Phi) is 7.51. The number of anilines is 1. The number of nitrogens with two attached hydrogens (primary N) is 1. The summed E-state index contributed by atoms with van der Waals surface area (Å²) < 4.78 is 43.1. The van der Waals surface area contributed by atoms with Gasteiger partial charge in [0.05, 0.1) is 18.1 Å². The van der Waals surface area contributed by atoms with Crippen molar-refractivity contribution in [3.63, 3.8) is 0 Å². The van der Waals surface area contributed by atoms with E-state index in [0.29, 0.717) is 36.8 Å². The zero-order chi connectivity index (χ0) is 24.0. The van der Waals surface area contributed by atoms with E-state index in [1.807, 2.05) is 0 Å². The molecular formula is C21H23N3O8S. The van der Waals surface area contributed by atoms with E-state index in [-0.39, 0.29) is 10.5 Å². The minimum absolute atomic E-state index is 0.107. The van der Waals surface area contributed by atoms with Gasteiger partial charge in [0, 0.05) is 23.7 Å². The third kappa shape index (κ3) is 6.43. The fourth-order valence-corrected chi connectivity index (χ4v) is 3.79. The number of esters is 1. The van der Waals surface area contributed by atoms with Gasteiger partial charge >= 0.3 is 5.97 Å². The van der Waals surface area contributed by atoms with E-state index in [2.05, 4.69) is 10.0 Å². The number of sulfonamides is 1. The van der Waals surface area contributed by atoms with Gasteiger partial charge in [0.15, 0.2) is 17.6 Å². The molecule has 1 aliphatic rings. The monoisotopic (exact) mass is 477 g/mol. The summed E-state index contributed by atoms with van der Waals surface area (Å²) in [7, 11) is -4.04. The van der Waals surface area contributed by atoms with Gasteiger partial charge in [-0.3, -0.25) is 14.4 Å². The molecule has 2 aromatic carbocycles. The Morgan fingerprint density at radius 2 is 1.73 bits per heavy atom. The van der Waals surface area contributed by atoms with Crippen LogP contribution in [-0.4, -0.2) is 52.1 Å². The normalized spacial score (nSPS) is 14.0. The first-order chi connectivity index (χ1) is 15.7. The van der Waals surface area contributed by atoms with Crippen molar-refractivity contribution in [3.8, 4) is 11.5 Å². The third-order valence-electron chi connectivity index (χ3n) is 4.55. The van der Waals surface area contributed by atoms with E-state index in [1.165, 1.54) is 49.4 Å². The summed E-state index contributed by atoms with van der Waals surface area (Å²) >= 11 is 0. The molecule has 1 heterocycles. The van der Waals surface area contributed by atoms with Crippen molar-refractivity contribution in [1.29, 1.82) is 0 Å². The second-order valence-electron chi connectivity index (χ2n) is 7.05. The topological polar surface area (TPSA) is 163 Å². The van der Waals surface area contributed by atoms with Crippen molar-refractivity contribution in [2.75, 3.05) is 25.1 Å². The fraction of sp³-hybridized carbons (Fsp3) is 0.286. The standard InChI is InChI=1S/C21H23N3O8S/c1-13(21(27)24-15-5-3-14(4-6-15)20(22)26)32-19(25)12-23-33(28,29)16-7-8-17-18(11-16)31-10-2-9-30-17/h3-8,11,13,23H,2,9-10,12H2,1H3,(H2,22,26)(H,24,27). The van der Waals surface area contributed by atoms with Crippen LogP contribution < -0.4 is 25.2 Å². The second-order valence-corrected chi connectivity index (χ2v) is 8.81. The Balaban J connectivity index is 1.53. The summed E-state index contributed by atoms with van der Waals surface area (Å²) in [4.78, 5) is 35.2. The maximum atomic E-state index is 12.5. The first-order valence-electron chi connectivity index (χ1n) is 9.95. The highest BCUT2D eigenvalue weighted by atomic mass is 32.2. The fourth-order valence-electron chi connectivity index (χ4n) is 2.80. The van der Waals surface area contributed by atoms with Crippen LogP contribution in [0.2, 0.25) is 0 Å². The SMILES string of the molecule is CC(OC(=O)CNS(=O)(=O)c1ccc2c(c1)OCCCO2)C(=O)Nc1ccc(C(N)=O)cc1. The molecule has 1 aliphatic heterocycles. The lowest BCUT2D eigenvalue weighted by molar-refractivity contribution is -0.151. The number of rotatable bonds is 8. The molecule has 0 radical (unpaired) electrons. The van der Waals surface area contributed by atoms with Crippen molar-refractivity contribution < 1.29 is 37.0 Å². The summed E-state index contributed by atoms with van der Waals surface area (Å²) in [6.07, 6.45) is -0.526. The maximum Gasteiger partial charge on any atom is 0.321 e. The number of ether oxygens (including phenoxy) is 3. The van der Waals surface area contributed by atoms with Crippen LogP contribution in [-0.2, 0) is 24.3 Å². The molecule has 2 amide bonds. The average Bonchev–Trinajstić information content (AvgIpc) is 3.03. The highest BCUT2D eigenvalue weighted by molar-refractivity contribution is 7.89. The molecule has 0 spiro atoms. The van der Waals surface area contributed by atoms with Crippen molar-refractivity contribution in [2.24, 2.45) is 5.73 Å². The molecule has 12 heteroatoms. The highest BCUT2D eigenvalue weighted by Gasteiger charge is 2.22. The van der Waals surface area contributed by atoms with Crippen LogP contribution >= 0.6 is 0 Å². The lowest BCUT2D eigenvalue weighted by Crippen LogP contribution is -2.35. The molecule has 0 bridgehead atoms. The molecule has 0 fully saturated rings. The molecule has 1 atom stereocenters. The number of primary amides is 1. The van der Waals surface area contributed by atoms with E-state index >= 15 is 0 Å². The zero-order valence-electron chi connectivity index (χ0n) is 17.7. The van der Waals surface area contributed by atoms with Gasteiger partial charge < -0.3 is 25.3 Å². The predicted octanol–water partition coefficient (Wildman–Crippen LogP) is 0.796. The molecule has 0 saturated carbocycles. The van der Waals surface area contributed by atoms with Gasteiger partial charge in [-0.2, -0.15) is 4.72 Å². The molecule has 11 nitrogen and oxygen atoms in total. The smallest absolute Gasteiger partial charge is 0.321 e. The minimum atomic E-state index is -4.04. The van der Waals surface area contributed by atoms with Crippen molar-refractivity contribution in [3.05, 3.63) is 48.0 Å². The Morgan fingerprint density at radius 3 is 2.39 bits per heavy atom. The van der Waals surface area contributed by atoms with Gasteiger partial charge in [0.2, 0.25) is 15.9 Å². The molecule has 0 aromatic heterocycles. The molecule has 1 unspecified atom stereocenters. The van der Waals surface area contributed by atoms with Gasteiger partial charge in [-0.15, -0.1) is 0 Å². The van der Waals surface area contributed by atoms with Gasteiger partial charge in [-0.1, -0.05) is 0 Å². The predicted molar refractivity (Wildman–Crippen MR) is 116 cm³/mol. The summed E-state index contributed by atoms with van der Waals surface area (Å²) in [5.74, 6) is -1.45. The Hall–Kier alpha value is -3.64. The number of nitrogens with one attached hydrogen (secondary N) is 2. The van der Waals surface area contributed by atoms with Crippen LogP contribution in [0.15, 0.2) is 47.4 Å². The van der Waals surface area contributed by atoms with Crippen LogP contribution in [0.25, 0.3) is 0 Å². The Morgan fingerprint density at radius 1 is 1.06 bits per heavy atom. The van der Waals surface area contributed by atoms with E-state index in [1.54, 1.807) is 0 Å². The van der Waals surface area contributed by atoms with Crippen molar-refractivity contribution in [1.82, 2.24) is 4.72 Å². The molecule has 176 valence electrons. The van der Waals surface area contributed by atoms with Gasteiger partial charge in [-0.05, 0) is 43.3 Å². The Bertz CT molecular complexity index is 1150. The second kappa shape index (κ2) is 10.3. The Labute approximate surface area is 190 Å². The molecule has 0 saturated heterocycles. The van der Waals surface area contributed by atoms with Crippen molar-refractivity contribution >= 4 is 33.5 Å². The van der Waals surface area contributed by atoms with E-state index < -0.39 is 40.5 Å². The molecule has 2 aromatic rings. The summed E-state index contributed by atoms with van der Waals surface area (Å²) in [5, 5.41) is 2.51. The molecule has 3 rings (SSSR count). The number of hydrogen-bond acceptors (Lipinski definition) is 8. The van der Waals surface area contributed by atoms with Crippen LogP contribution in [0.3, 0.4) is 0 Å². The van der Waals surface area contributed by atoms with Gasteiger partial charge in [0.25, 0.3) is 5.91 Å². The van der Waals surface area contributed by atoms with Gasteiger partial charge in [-0.25, -0.2) is 8.42 Å². The molecule has 0 aliphatic carbocycles. The lowest BCUT2D eigenvalue weighted by Gasteiger charge is -2.14. The van der Waals surface area contributed by atoms with E-state index in [4.69, 9.17) is 19.9 Å². The number of benzene rings is 2. The highest BCUT2D eigenvalue weighted by Crippen LogP contribution is 2.31. The number of carbonyl (C=O) groups excluding carboxylic acids is 3. The van der Waals surface area contributed by atoms with Crippen molar-refractivity contribution in [2.45, 2.75) is 24.3 Å². The number of fused-ring (bicyclic) bond motifs is 1. The van der Waals surface area contributed by atoms with Crippen LogP contribution in [0.1, 0.15) is 23.7 Å². The third-order valence-corrected chi connectivity index (χ3v) is 5.95. The first-order valence-corrected chi connectivity index (χ1v) is 11.4.